The van der Waals surface area contributed by atoms with Gasteiger partial charge in [0.05, 0.1) is 19.3 Å². The van der Waals surface area contributed by atoms with Gasteiger partial charge in [0.2, 0.25) is 0 Å². The molecule has 2 unspecified atom stereocenters. The normalized spacial score (nSPS) is 38.0. The fourth-order valence-corrected chi connectivity index (χ4v) is 5.33. The summed E-state index contributed by atoms with van der Waals surface area (Å²) in [7, 11) is 2.25. The number of hydrogen-bond acceptors (Lipinski definition) is 5. The van der Waals surface area contributed by atoms with Gasteiger partial charge in [0, 0.05) is 58.9 Å². The molecule has 6 nitrogen and oxygen atoms in total. The molecule has 0 aliphatic carbocycles. The second-order valence-corrected chi connectivity index (χ2v) is 8.21. The molecule has 0 saturated carbocycles. The van der Waals surface area contributed by atoms with Crippen LogP contribution in [0, 0.1) is 0 Å². The van der Waals surface area contributed by atoms with E-state index in [9.17, 15) is 0 Å². The monoisotopic (exact) mass is 350 g/mol. The standard InChI is InChI=1S/C19H36N5O/c1-21-10-12-22(13-11-21)18-6-5-7-20-19(18,23-8-3-2-4-9-23)24-14-16-25-17-15-24/h18H,2-17H2,1H3. The molecule has 143 valence electrons. The van der Waals surface area contributed by atoms with Gasteiger partial charge in [0.25, 0.3) is 0 Å². The number of ether oxygens (including phenoxy) is 1. The first-order valence-corrected chi connectivity index (χ1v) is 10.5. The summed E-state index contributed by atoms with van der Waals surface area (Å²) in [5, 5.41) is 5.42. The summed E-state index contributed by atoms with van der Waals surface area (Å²) in [6, 6.07) is 0.547. The van der Waals surface area contributed by atoms with Gasteiger partial charge in [-0.3, -0.25) is 14.7 Å². The second-order valence-electron chi connectivity index (χ2n) is 8.21. The first kappa shape index (κ1) is 18.1. The number of morpholine rings is 1. The van der Waals surface area contributed by atoms with E-state index in [-0.39, 0.29) is 5.79 Å². The Morgan fingerprint density at radius 1 is 0.800 bits per heavy atom. The molecule has 4 aliphatic rings. The van der Waals surface area contributed by atoms with Gasteiger partial charge in [-0.2, -0.15) is 0 Å². The largest absolute Gasteiger partial charge is 0.379 e. The van der Waals surface area contributed by atoms with Crippen LogP contribution in [0.15, 0.2) is 0 Å². The average molecular weight is 351 g/mol. The summed E-state index contributed by atoms with van der Waals surface area (Å²) < 4.78 is 5.70. The summed E-state index contributed by atoms with van der Waals surface area (Å²) in [6.45, 7) is 12.0. The van der Waals surface area contributed by atoms with E-state index in [2.05, 4.69) is 26.6 Å². The Balaban J connectivity index is 1.62. The van der Waals surface area contributed by atoms with Gasteiger partial charge >= 0.3 is 0 Å². The molecule has 4 fully saturated rings. The maximum atomic E-state index is 5.70. The molecule has 4 saturated heterocycles. The van der Waals surface area contributed by atoms with Crippen molar-refractivity contribution in [3.8, 4) is 0 Å². The minimum absolute atomic E-state index is 0.0988. The van der Waals surface area contributed by atoms with Crippen LogP contribution in [0.25, 0.3) is 0 Å². The van der Waals surface area contributed by atoms with Crippen LogP contribution in [0.1, 0.15) is 32.1 Å². The lowest BCUT2D eigenvalue weighted by molar-refractivity contribution is -0.182. The molecule has 0 aromatic rings. The van der Waals surface area contributed by atoms with Crippen molar-refractivity contribution >= 4 is 0 Å². The van der Waals surface area contributed by atoms with E-state index in [0.717, 1.165) is 32.8 Å². The van der Waals surface area contributed by atoms with Gasteiger partial charge in [-0.1, -0.05) is 6.42 Å². The number of likely N-dealkylation sites (N-methyl/N-ethyl adjacent to an activating group) is 1. The third-order valence-corrected chi connectivity index (χ3v) is 6.70. The number of hydrogen-bond donors (Lipinski definition) is 0. The molecular weight excluding hydrogens is 314 g/mol. The van der Waals surface area contributed by atoms with Gasteiger partial charge < -0.3 is 9.64 Å². The summed E-state index contributed by atoms with van der Waals surface area (Å²) in [5.41, 5.74) is 0. The van der Waals surface area contributed by atoms with Crippen molar-refractivity contribution in [2.75, 3.05) is 79.2 Å². The molecular formula is C19H36N5O. The van der Waals surface area contributed by atoms with Gasteiger partial charge in [-0.15, -0.1) is 0 Å². The summed E-state index contributed by atoms with van der Waals surface area (Å²) in [4.78, 5) is 10.7. The van der Waals surface area contributed by atoms with Gasteiger partial charge in [-0.05, 0) is 32.7 Å². The van der Waals surface area contributed by atoms with E-state index in [0.29, 0.717) is 6.04 Å². The lowest BCUT2D eigenvalue weighted by atomic mass is 9.91. The summed E-state index contributed by atoms with van der Waals surface area (Å²) in [6.07, 6.45) is 6.58. The maximum Gasteiger partial charge on any atom is 0.160 e. The highest BCUT2D eigenvalue weighted by Gasteiger charge is 2.53. The third kappa shape index (κ3) is 3.62. The van der Waals surface area contributed by atoms with Gasteiger partial charge in [-0.25, -0.2) is 5.32 Å². The number of likely N-dealkylation sites (tertiary alicyclic amines) is 1. The predicted molar refractivity (Wildman–Crippen MR) is 99.6 cm³/mol. The number of nitrogens with zero attached hydrogens (tertiary/aromatic N) is 5. The number of rotatable bonds is 3. The molecule has 4 aliphatic heterocycles. The van der Waals surface area contributed by atoms with Crippen LogP contribution in [0.3, 0.4) is 0 Å². The zero-order chi connectivity index (χ0) is 17.1. The zero-order valence-electron chi connectivity index (χ0n) is 16.0. The molecule has 4 heterocycles. The van der Waals surface area contributed by atoms with Crippen LogP contribution in [0.2, 0.25) is 0 Å². The van der Waals surface area contributed by atoms with Crippen molar-refractivity contribution in [2.24, 2.45) is 0 Å². The minimum atomic E-state index is -0.0988. The molecule has 0 N–H and O–H groups in total. The van der Waals surface area contributed by atoms with Crippen LogP contribution < -0.4 is 5.32 Å². The molecule has 25 heavy (non-hydrogen) atoms. The molecule has 0 aromatic heterocycles. The van der Waals surface area contributed by atoms with Crippen molar-refractivity contribution < 1.29 is 4.74 Å². The quantitative estimate of drug-likeness (QED) is 0.740. The summed E-state index contributed by atoms with van der Waals surface area (Å²) >= 11 is 0. The highest BCUT2D eigenvalue weighted by Crippen LogP contribution is 2.36. The highest BCUT2D eigenvalue weighted by atomic mass is 16.5. The van der Waals surface area contributed by atoms with E-state index < -0.39 is 0 Å². The lowest BCUT2D eigenvalue weighted by Crippen LogP contribution is -2.78. The molecule has 0 spiro atoms. The average Bonchev–Trinajstić information content (AvgIpc) is 2.70. The fraction of sp³-hybridized carbons (Fsp3) is 1.00. The zero-order valence-corrected chi connectivity index (χ0v) is 16.0. The van der Waals surface area contributed by atoms with Crippen molar-refractivity contribution in [3.63, 3.8) is 0 Å². The molecule has 0 amide bonds. The topological polar surface area (TPSA) is 36.3 Å². The van der Waals surface area contributed by atoms with Gasteiger partial charge in [0.1, 0.15) is 0 Å². The van der Waals surface area contributed by atoms with E-state index >= 15 is 0 Å². The molecule has 6 heteroatoms. The third-order valence-electron chi connectivity index (χ3n) is 6.70. The summed E-state index contributed by atoms with van der Waals surface area (Å²) in [5.74, 6) is -0.0988. The van der Waals surface area contributed by atoms with Crippen LogP contribution in [0.5, 0.6) is 0 Å². The maximum absolute atomic E-state index is 5.70. The SMILES string of the molecule is CN1CCN(C2CCC[N]C2(N2CCCCC2)N2CCOCC2)CC1. The van der Waals surface area contributed by atoms with E-state index in [1.807, 2.05) is 0 Å². The van der Waals surface area contributed by atoms with Crippen molar-refractivity contribution in [1.82, 2.24) is 24.9 Å². The van der Waals surface area contributed by atoms with Crippen molar-refractivity contribution in [3.05, 3.63) is 0 Å². The number of piperazine rings is 1. The molecule has 0 aromatic carbocycles. The lowest BCUT2D eigenvalue weighted by Gasteiger charge is -2.60. The minimum Gasteiger partial charge on any atom is -0.379 e. The van der Waals surface area contributed by atoms with Crippen molar-refractivity contribution in [1.29, 1.82) is 0 Å². The molecule has 2 atom stereocenters. The van der Waals surface area contributed by atoms with E-state index in [4.69, 9.17) is 10.1 Å². The van der Waals surface area contributed by atoms with Crippen LogP contribution in [-0.2, 0) is 4.74 Å². The Hall–Kier alpha value is -0.240. The molecule has 0 bridgehead atoms. The smallest absolute Gasteiger partial charge is 0.160 e. The van der Waals surface area contributed by atoms with E-state index in [1.165, 1.54) is 71.4 Å². The van der Waals surface area contributed by atoms with Crippen molar-refractivity contribution in [2.45, 2.75) is 43.9 Å². The second kappa shape index (κ2) is 8.19. The predicted octanol–water partition coefficient (Wildman–Crippen LogP) is 0.473. The van der Waals surface area contributed by atoms with E-state index in [1.54, 1.807) is 0 Å². The fourth-order valence-electron chi connectivity index (χ4n) is 5.33. The Morgan fingerprint density at radius 3 is 2.20 bits per heavy atom. The first-order valence-electron chi connectivity index (χ1n) is 10.5. The Kier molecular flexibility index (Phi) is 5.94. The molecule has 4 rings (SSSR count). The molecule has 1 radical (unpaired) electrons. The van der Waals surface area contributed by atoms with Crippen LogP contribution >= 0.6 is 0 Å². The Bertz CT molecular complexity index is 396. The van der Waals surface area contributed by atoms with Gasteiger partial charge in [0.15, 0.2) is 5.79 Å². The highest BCUT2D eigenvalue weighted by molar-refractivity contribution is 5.03. The number of piperidine rings is 2. The Labute approximate surface area is 153 Å². The first-order chi connectivity index (χ1) is 12.3. The Morgan fingerprint density at radius 2 is 1.48 bits per heavy atom. The van der Waals surface area contributed by atoms with Crippen LogP contribution in [-0.4, -0.2) is 111 Å². The van der Waals surface area contributed by atoms with Crippen LogP contribution in [0.4, 0.5) is 0 Å².